The van der Waals surface area contributed by atoms with Crippen LogP contribution in [0.5, 0.6) is 5.75 Å². The van der Waals surface area contributed by atoms with E-state index in [0.717, 1.165) is 6.92 Å². The zero-order valence-corrected chi connectivity index (χ0v) is 12.4. The maximum Gasteiger partial charge on any atom is 0.337 e. The van der Waals surface area contributed by atoms with E-state index in [1.807, 2.05) is 0 Å². The highest BCUT2D eigenvalue weighted by atomic mass is 35.5. The molecule has 116 valence electrons. The molecule has 0 bridgehead atoms. The second kappa shape index (κ2) is 7.14. The number of aliphatic carboxylic acids is 1. The number of rotatable bonds is 6. The molecule has 0 saturated carbocycles. The van der Waals surface area contributed by atoms with Crippen LogP contribution < -0.4 is 15.4 Å². The van der Waals surface area contributed by atoms with E-state index in [4.69, 9.17) is 21.4 Å². The molecular formula is C13H17ClN2O5. The largest absolute Gasteiger partial charge is 0.496 e. The molecule has 0 saturated heterocycles. The van der Waals surface area contributed by atoms with Gasteiger partial charge in [0.25, 0.3) is 0 Å². The fraction of sp³-hybridized carbons (Fsp3) is 0.385. The molecule has 0 aliphatic heterocycles. The summed E-state index contributed by atoms with van der Waals surface area (Å²) < 4.78 is 5.13. The second-order valence-electron chi connectivity index (χ2n) is 4.54. The number of hydrogen-bond donors (Lipinski definition) is 4. The van der Waals surface area contributed by atoms with Gasteiger partial charge in [-0.15, -0.1) is 0 Å². The van der Waals surface area contributed by atoms with Crippen molar-refractivity contribution < 1.29 is 24.5 Å². The number of methoxy groups -OCH3 is 1. The van der Waals surface area contributed by atoms with Crippen molar-refractivity contribution in [2.75, 3.05) is 13.7 Å². The van der Waals surface area contributed by atoms with Crippen LogP contribution in [0.25, 0.3) is 0 Å². The van der Waals surface area contributed by atoms with Gasteiger partial charge in [-0.1, -0.05) is 17.7 Å². The summed E-state index contributed by atoms with van der Waals surface area (Å²) in [6.45, 7) is 0.768. The van der Waals surface area contributed by atoms with E-state index in [1.54, 1.807) is 18.2 Å². The number of carbonyl (C=O) groups is 2. The SMILES string of the molecule is COc1cccc(Cl)c1CNC(=O)NCC(C)(O)C(=O)O. The summed E-state index contributed by atoms with van der Waals surface area (Å²) in [5.74, 6) is -0.893. The van der Waals surface area contributed by atoms with Crippen molar-refractivity contribution in [1.29, 1.82) is 0 Å². The molecule has 0 aliphatic carbocycles. The first-order valence-corrected chi connectivity index (χ1v) is 6.44. The minimum Gasteiger partial charge on any atom is -0.496 e. The summed E-state index contributed by atoms with van der Waals surface area (Å²) in [5, 5.41) is 23.4. The van der Waals surface area contributed by atoms with E-state index in [1.165, 1.54) is 7.11 Å². The Balaban J connectivity index is 2.57. The van der Waals surface area contributed by atoms with Gasteiger partial charge in [-0.25, -0.2) is 9.59 Å². The van der Waals surface area contributed by atoms with Crippen LogP contribution >= 0.6 is 11.6 Å². The van der Waals surface area contributed by atoms with Crippen molar-refractivity contribution in [2.45, 2.75) is 19.1 Å². The van der Waals surface area contributed by atoms with Crippen molar-refractivity contribution in [3.8, 4) is 5.75 Å². The molecule has 21 heavy (non-hydrogen) atoms. The standard InChI is InChI=1S/C13H17ClN2O5/c1-13(20,11(17)18)7-16-12(19)15-6-8-9(14)4-3-5-10(8)21-2/h3-5,20H,6-7H2,1-2H3,(H,17,18)(H2,15,16,19). The average Bonchev–Trinajstić information content (AvgIpc) is 2.43. The van der Waals surface area contributed by atoms with Gasteiger partial charge in [-0.2, -0.15) is 0 Å². The topological polar surface area (TPSA) is 108 Å². The van der Waals surface area contributed by atoms with Crippen LogP contribution in [-0.2, 0) is 11.3 Å². The Morgan fingerprint density at radius 2 is 2.05 bits per heavy atom. The van der Waals surface area contributed by atoms with Crippen LogP contribution in [-0.4, -0.2) is 41.5 Å². The van der Waals surface area contributed by atoms with Crippen molar-refractivity contribution >= 4 is 23.6 Å². The minimum atomic E-state index is -2.03. The summed E-state index contributed by atoms with van der Waals surface area (Å²) in [4.78, 5) is 22.3. The second-order valence-corrected chi connectivity index (χ2v) is 4.94. The van der Waals surface area contributed by atoms with Crippen LogP contribution in [0, 0.1) is 0 Å². The monoisotopic (exact) mass is 316 g/mol. The molecule has 0 fully saturated rings. The Morgan fingerprint density at radius 1 is 1.38 bits per heavy atom. The molecule has 8 heteroatoms. The minimum absolute atomic E-state index is 0.101. The number of hydrogen-bond acceptors (Lipinski definition) is 4. The van der Waals surface area contributed by atoms with Crippen LogP contribution in [0.1, 0.15) is 12.5 Å². The van der Waals surface area contributed by atoms with E-state index in [0.29, 0.717) is 16.3 Å². The average molecular weight is 317 g/mol. The maximum atomic E-state index is 11.6. The molecule has 2 amide bonds. The van der Waals surface area contributed by atoms with Gasteiger partial charge in [0, 0.05) is 17.1 Å². The predicted octanol–water partition coefficient (Wildman–Crippen LogP) is 0.983. The highest BCUT2D eigenvalue weighted by Crippen LogP contribution is 2.25. The van der Waals surface area contributed by atoms with Crippen molar-refractivity contribution in [3.05, 3.63) is 28.8 Å². The van der Waals surface area contributed by atoms with Gasteiger partial charge < -0.3 is 25.6 Å². The number of carboxylic acid groups (broad SMARTS) is 1. The van der Waals surface area contributed by atoms with Crippen molar-refractivity contribution in [2.24, 2.45) is 0 Å². The van der Waals surface area contributed by atoms with Crippen LogP contribution in [0.2, 0.25) is 5.02 Å². The lowest BCUT2D eigenvalue weighted by molar-refractivity contribution is -0.155. The molecular weight excluding hydrogens is 300 g/mol. The van der Waals surface area contributed by atoms with E-state index in [2.05, 4.69) is 10.6 Å². The Labute approximate surface area is 126 Å². The van der Waals surface area contributed by atoms with Gasteiger partial charge in [0.2, 0.25) is 0 Å². The summed E-state index contributed by atoms with van der Waals surface area (Å²) in [7, 11) is 1.49. The highest BCUT2D eigenvalue weighted by Gasteiger charge is 2.30. The van der Waals surface area contributed by atoms with Gasteiger partial charge in [-0.05, 0) is 19.1 Å². The fourth-order valence-corrected chi connectivity index (χ4v) is 1.69. The number of carbonyl (C=O) groups excluding carboxylic acids is 1. The van der Waals surface area contributed by atoms with Gasteiger partial charge in [-0.3, -0.25) is 0 Å². The highest BCUT2D eigenvalue weighted by molar-refractivity contribution is 6.31. The van der Waals surface area contributed by atoms with Crippen LogP contribution in [0.15, 0.2) is 18.2 Å². The first-order chi connectivity index (χ1) is 9.77. The molecule has 1 aromatic carbocycles. The quantitative estimate of drug-likeness (QED) is 0.626. The summed E-state index contributed by atoms with van der Waals surface area (Å²) in [6, 6.07) is 4.46. The Morgan fingerprint density at radius 3 is 2.62 bits per heavy atom. The van der Waals surface area contributed by atoms with Crippen molar-refractivity contribution in [1.82, 2.24) is 10.6 Å². The lowest BCUT2D eigenvalue weighted by Crippen LogP contribution is -2.49. The number of carboxylic acids is 1. The molecule has 1 atom stereocenters. The molecule has 1 rings (SSSR count). The lowest BCUT2D eigenvalue weighted by Gasteiger charge is -2.18. The number of nitrogens with one attached hydrogen (secondary N) is 2. The summed E-state index contributed by atoms with van der Waals surface area (Å²) in [5.41, 5.74) is -1.43. The zero-order chi connectivity index (χ0) is 16.0. The Kier molecular flexibility index (Phi) is 5.80. The first kappa shape index (κ1) is 17.1. The number of amides is 2. The normalized spacial score (nSPS) is 13.1. The molecule has 0 aliphatic rings. The molecule has 0 radical (unpaired) electrons. The van der Waals surface area contributed by atoms with E-state index in [-0.39, 0.29) is 6.54 Å². The van der Waals surface area contributed by atoms with Gasteiger partial charge in [0.05, 0.1) is 13.7 Å². The molecule has 0 heterocycles. The van der Waals surface area contributed by atoms with Crippen molar-refractivity contribution in [3.63, 3.8) is 0 Å². The molecule has 1 aromatic rings. The zero-order valence-electron chi connectivity index (χ0n) is 11.6. The van der Waals surface area contributed by atoms with Crippen LogP contribution in [0.4, 0.5) is 4.79 Å². The molecule has 0 spiro atoms. The van der Waals surface area contributed by atoms with Crippen LogP contribution in [0.3, 0.4) is 0 Å². The van der Waals surface area contributed by atoms with E-state index >= 15 is 0 Å². The molecule has 1 unspecified atom stereocenters. The van der Waals surface area contributed by atoms with E-state index in [9.17, 15) is 14.7 Å². The Hall–Kier alpha value is -1.99. The molecule has 7 nitrogen and oxygen atoms in total. The number of halogens is 1. The van der Waals surface area contributed by atoms with Gasteiger partial charge in [0.15, 0.2) is 5.60 Å². The lowest BCUT2D eigenvalue weighted by atomic mass is 10.1. The smallest absolute Gasteiger partial charge is 0.337 e. The third-order valence-electron chi connectivity index (χ3n) is 2.78. The summed E-state index contributed by atoms with van der Waals surface area (Å²) >= 11 is 6.01. The number of ether oxygens (including phenoxy) is 1. The molecule has 4 N–H and O–H groups in total. The fourth-order valence-electron chi connectivity index (χ4n) is 1.46. The maximum absolute atomic E-state index is 11.6. The number of benzene rings is 1. The number of urea groups is 1. The first-order valence-electron chi connectivity index (χ1n) is 6.07. The van der Waals surface area contributed by atoms with Gasteiger partial charge in [0.1, 0.15) is 5.75 Å². The Bertz CT molecular complexity index is 533. The third kappa shape index (κ3) is 4.80. The number of aliphatic hydroxyl groups is 1. The van der Waals surface area contributed by atoms with Gasteiger partial charge >= 0.3 is 12.0 Å². The van der Waals surface area contributed by atoms with E-state index < -0.39 is 24.1 Å². The molecule has 0 aromatic heterocycles. The predicted molar refractivity (Wildman–Crippen MR) is 76.5 cm³/mol. The third-order valence-corrected chi connectivity index (χ3v) is 3.13. The summed E-state index contributed by atoms with van der Waals surface area (Å²) in [6.07, 6.45) is 0.